The van der Waals surface area contributed by atoms with Crippen LogP contribution >= 0.6 is 0 Å². The van der Waals surface area contributed by atoms with Crippen molar-refractivity contribution in [3.05, 3.63) is 70.8 Å². The van der Waals surface area contributed by atoms with Crippen LogP contribution in [0.4, 0.5) is 26.3 Å². The number of hydrogen-bond acceptors (Lipinski definition) is 2. The van der Waals surface area contributed by atoms with Crippen molar-refractivity contribution < 1.29 is 35.9 Å². The summed E-state index contributed by atoms with van der Waals surface area (Å²) in [5.74, 6) is -1.78. The second kappa shape index (κ2) is 9.19. The van der Waals surface area contributed by atoms with Gasteiger partial charge in [-0.25, -0.2) is 0 Å². The lowest BCUT2D eigenvalue weighted by Gasteiger charge is -2.17. The summed E-state index contributed by atoms with van der Waals surface area (Å²) in [7, 11) is 0. The van der Waals surface area contributed by atoms with Crippen molar-refractivity contribution in [3.8, 4) is 0 Å². The Bertz CT molecular complexity index is 862. The van der Waals surface area contributed by atoms with Gasteiger partial charge in [0.05, 0.1) is 17.5 Å². The molecule has 2 rings (SSSR count). The third-order valence-electron chi connectivity index (χ3n) is 4.26. The van der Waals surface area contributed by atoms with E-state index in [1.165, 1.54) is 0 Å². The fourth-order valence-electron chi connectivity index (χ4n) is 2.79. The summed E-state index contributed by atoms with van der Waals surface area (Å²) in [6.45, 7) is 0. The molecule has 0 aliphatic carbocycles. The summed E-state index contributed by atoms with van der Waals surface area (Å²) in [4.78, 5) is 23.8. The molecule has 30 heavy (non-hydrogen) atoms. The lowest BCUT2D eigenvalue weighted by atomic mass is 10.0. The molecule has 0 fully saturated rings. The van der Waals surface area contributed by atoms with Crippen LogP contribution in [-0.2, 0) is 34.8 Å². The van der Waals surface area contributed by atoms with Crippen LogP contribution in [0.15, 0.2) is 48.5 Å². The van der Waals surface area contributed by atoms with Crippen molar-refractivity contribution >= 4 is 11.8 Å². The molecule has 2 aromatic rings. The van der Waals surface area contributed by atoms with Gasteiger partial charge >= 0.3 is 12.4 Å². The number of halogens is 6. The minimum absolute atomic E-state index is 0.0204. The lowest BCUT2D eigenvalue weighted by Crippen LogP contribution is -2.45. The molecule has 162 valence electrons. The molecule has 0 bridgehead atoms. The van der Waals surface area contributed by atoms with Gasteiger partial charge in [-0.2, -0.15) is 26.3 Å². The highest BCUT2D eigenvalue weighted by Crippen LogP contribution is 2.36. The third kappa shape index (κ3) is 6.78. The molecule has 0 aliphatic heterocycles. The molecule has 2 aromatic carbocycles. The zero-order valence-corrected chi connectivity index (χ0v) is 15.5. The SMILES string of the molecule is NC(=O)[C@H](CCc1ccccc1)NC(=O)Cc1cc(C(F)(F)F)cc(C(F)(F)F)c1. The summed E-state index contributed by atoms with van der Waals surface area (Å²) >= 11 is 0. The fraction of sp³-hybridized carbons (Fsp3) is 0.300. The second-order valence-corrected chi connectivity index (χ2v) is 6.64. The van der Waals surface area contributed by atoms with E-state index in [9.17, 15) is 35.9 Å². The number of amides is 2. The number of hydrogen-bond donors (Lipinski definition) is 2. The van der Waals surface area contributed by atoms with Crippen molar-refractivity contribution in [1.29, 1.82) is 0 Å². The Morgan fingerprint density at radius 3 is 1.87 bits per heavy atom. The normalized spacial score (nSPS) is 13.0. The van der Waals surface area contributed by atoms with Gasteiger partial charge in [0.1, 0.15) is 6.04 Å². The highest BCUT2D eigenvalue weighted by molar-refractivity contribution is 5.87. The molecule has 0 aromatic heterocycles. The average Bonchev–Trinajstić information content (AvgIpc) is 2.64. The maximum Gasteiger partial charge on any atom is 0.416 e. The van der Waals surface area contributed by atoms with Crippen molar-refractivity contribution in [2.45, 2.75) is 37.7 Å². The first-order chi connectivity index (χ1) is 13.9. The molecule has 0 unspecified atom stereocenters. The molecule has 0 saturated heterocycles. The Hall–Kier alpha value is -3.04. The van der Waals surface area contributed by atoms with Gasteiger partial charge < -0.3 is 11.1 Å². The zero-order valence-electron chi connectivity index (χ0n) is 15.5. The summed E-state index contributed by atoms with van der Waals surface area (Å²) in [6, 6.07) is 8.73. The number of rotatable bonds is 7. The van der Waals surface area contributed by atoms with Crippen molar-refractivity contribution in [2.75, 3.05) is 0 Å². The van der Waals surface area contributed by atoms with E-state index in [1.807, 2.05) is 0 Å². The van der Waals surface area contributed by atoms with Crippen LogP contribution in [0.3, 0.4) is 0 Å². The van der Waals surface area contributed by atoms with E-state index < -0.39 is 53.3 Å². The molecule has 0 spiro atoms. The highest BCUT2D eigenvalue weighted by Gasteiger charge is 2.37. The second-order valence-electron chi connectivity index (χ2n) is 6.64. The highest BCUT2D eigenvalue weighted by atomic mass is 19.4. The molecule has 2 amide bonds. The number of alkyl halides is 6. The molecule has 0 heterocycles. The van der Waals surface area contributed by atoms with Crippen molar-refractivity contribution in [2.24, 2.45) is 5.73 Å². The lowest BCUT2D eigenvalue weighted by molar-refractivity contribution is -0.143. The average molecular weight is 432 g/mol. The Morgan fingerprint density at radius 1 is 0.867 bits per heavy atom. The minimum Gasteiger partial charge on any atom is -0.368 e. The monoisotopic (exact) mass is 432 g/mol. The minimum atomic E-state index is -5.02. The molecular weight excluding hydrogens is 414 g/mol. The van der Waals surface area contributed by atoms with Crippen LogP contribution in [-0.4, -0.2) is 17.9 Å². The van der Waals surface area contributed by atoms with E-state index in [-0.39, 0.29) is 12.5 Å². The summed E-state index contributed by atoms with van der Waals surface area (Å²) < 4.78 is 77.5. The Morgan fingerprint density at radius 2 is 1.40 bits per heavy atom. The molecular formula is C20H18F6N2O2. The standard InChI is InChI=1S/C20H18F6N2O2/c21-19(22,23)14-8-13(9-15(11-14)20(24,25)26)10-17(29)28-16(18(27)30)7-6-12-4-2-1-3-5-12/h1-5,8-9,11,16H,6-7,10H2,(H2,27,30)(H,28,29)/t16-/m0/s1. The number of primary amides is 1. The van der Waals surface area contributed by atoms with E-state index in [1.54, 1.807) is 30.3 Å². The fourth-order valence-corrected chi connectivity index (χ4v) is 2.79. The molecule has 1 atom stereocenters. The molecule has 0 saturated carbocycles. The number of nitrogens with two attached hydrogens (primary N) is 1. The number of aryl methyl sites for hydroxylation is 1. The van der Waals surface area contributed by atoms with Gasteiger partial charge in [0.2, 0.25) is 11.8 Å². The quantitative estimate of drug-likeness (QED) is 0.652. The van der Waals surface area contributed by atoms with Crippen LogP contribution < -0.4 is 11.1 Å². The summed E-state index contributed by atoms with van der Waals surface area (Å²) in [5, 5.41) is 2.28. The van der Waals surface area contributed by atoms with E-state index in [4.69, 9.17) is 5.73 Å². The maximum atomic E-state index is 12.9. The van der Waals surface area contributed by atoms with Gasteiger partial charge in [-0.05, 0) is 42.2 Å². The number of carbonyl (C=O) groups excluding carboxylic acids is 2. The zero-order chi connectivity index (χ0) is 22.5. The number of benzene rings is 2. The largest absolute Gasteiger partial charge is 0.416 e. The van der Waals surface area contributed by atoms with Gasteiger partial charge in [0.15, 0.2) is 0 Å². The smallest absolute Gasteiger partial charge is 0.368 e. The Balaban J connectivity index is 2.14. The molecule has 3 N–H and O–H groups in total. The number of nitrogens with one attached hydrogen (secondary N) is 1. The van der Waals surface area contributed by atoms with Crippen molar-refractivity contribution in [1.82, 2.24) is 5.32 Å². The predicted molar refractivity (Wildman–Crippen MR) is 96.0 cm³/mol. The summed E-state index contributed by atoms with van der Waals surface area (Å²) in [6.07, 6.45) is -10.3. The van der Waals surface area contributed by atoms with E-state index in [2.05, 4.69) is 5.32 Å². The van der Waals surface area contributed by atoms with Gasteiger partial charge in [-0.3, -0.25) is 9.59 Å². The van der Waals surface area contributed by atoms with Crippen LogP contribution in [0.5, 0.6) is 0 Å². The predicted octanol–water partition coefficient (Wildman–Crippen LogP) is 3.87. The molecule has 0 aliphatic rings. The van der Waals surface area contributed by atoms with Gasteiger partial charge in [-0.15, -0.1) is 0 Å². The first kappa shape index (κ1) is 23.2. The van der Waals surface area contributed by atoms with Gasteiger partial charge in [-0.1, -0.05) is 30.3 Å². The van der Waals surface area contributed by atoms with E-state index in [0.29, 0.717) is 18.6 Å². The first-order valence-electron chi connectivity index (χ1n) is 8.77. The van der Waals surface area contributed by atoms with Crippen LogP contribution in [0.2, 0.25) is 0 Å². The molecule has 0 radical (unpaired) electrons. The Kier molecular flexibility index (Phi) is 7.12. The topological polar surface area (TPSA) is 72.2 Å². The summed E-state index contributed by atoms with van der Waals surface area (Å²) in [5.41, 5.74) is 2.60. The maximum absolute atomic E-state index is 12.9. The van der Waals surface area contributed by atoms with Crippen LogP contribution in [0.1, 0.15) is 28.7 Å². The van der Waals surface area contributed by atoms with Gasteiger partial charge in [0, 0.05) is 0 Å². The van der Waals surface area contributed by atoms with E-state index >= 15 is 0 Å². The van der Waals surface area contributed by atoms with Gasteiger partial charge in [0.25, 0.3) is 0 Å². The number of carbonyl (C=O) groups is 2. The molecule has 4 nitrogen and oxygen atoms in total. The van der Waals surface area contributed by atoms with Crippen LogP contribution in [0, 0.1) is 0 Å². The van der Waals surface area contributed by atoms with E-state index in [0.717, 1.165) is 5.56 Å². The third-order valence-corrected chi connectivity index (χ3v) is 4.26. The van der Waals surface area contributed by atoms with Crippen LogP contribution in [0.25, 0.3) is 0 Å². The first-order valence-corrected chi connectivity index (χ1v) is 8.77. The molecule has 10 heteroatoms. The Labute approximate surface area is 168 Å². The van der Waals surface area contributed by atoms with Crippen molar-refractivity contribution in [3.63, 3.8) is 0 Å².